The predicted molar refractivity (Wildman–Crippen MR) is 85.1 cm³/mol. The summed E-state index contributed by atoms with van der Waals surface area (Å²) in [6.07, 6.45) is 4.81. The van der Waals surface area contributed by atoms with E-state index in [4.69, 9.17) is 4.74 Å². The molecule has 2 aromatic carbocycles. The molecule has 21 heavy (non-hydrogen) atoms. The van der Waals surface area contributed by atoms with Crippen molar-refractivity contribution in [3.8, 4) is 5.75 Å². The predicted octanol–water partition coefficient (Wildman–Crippen LogP) is 4.19. The van der Waals surface area contributed by atoms with Crippen LogP contribution in [0, 0.1) is 0 Å². The van der Waals surface area contributed by atoms with Gasteiger partial charge in [-0.05, 0) is 48.1 Å². The van der Waals surface area contributed by atoms with E-state index in [-0.39, 0.29) is 6.10 Å². The molecule has 0 spiro atoms. The van der Waals surface area contributed by atoms with Crippen molar-refractivity contribution in [1.82, 2.24) is 0 Å². The van der Waals surface area contributed by atoms with E-state index in [0.717, 1.165) is 41.7 Å². The zero-order chi connectivity index (χ0) is 14.5. The fourth-order valence-electron chi connectivity index (χ4n) is 2.66. The lowest BCUT2D eigenvalue weighted by atomic mass is 9.91. The summed E-state index contributed by atoms with van der Waals surface area (Å²) in [5, 5.41) is 10.0. The Kier molecular flexibility index (Phi) is 4.37. The van der Waals surface area contributed by atoms with Gasteiger partial charge in [-0.2, -0.15) is 0 Å². The quantitative estimate of drug-likeness (QED) is 0.909. The molecule has 0 aromatic heterocycles. The van der Waals surface area contributed by atoms with Crippen molar-refractivity contribution in [1.29, 1.82) is 0 Å². The standard InChI is InChI=1S/C19H20O2/c20-19-9-5-4-8-18(19)16-10-12-17(13-11-16)21-14-15-6-2-1-3-7-15/h1-3,6-8,10-13,19-20H,4-5,9,14H2/t19-/m1/s1. The maximum atomic E-state index is 10.0. The van der Waals surface area contributed by atoms with Crippen molar-refractivity contribution in [2.45, 2.75) is 32.0 Å². The van der Waals surface area contributed by atoms with E-state index in [2.05, 4.69) is 18.2 Å². The summed E-state index contributed by atoms with van der Waals surface area (Å²) >= 11 is 0. The summed E-state index contributed by atoms with van der Waals surface area (Å²) < 4.78 is 5.78. The third kappa shape index (κ3) is 3.53. The van der Waals surface area contributed by atoms with Gasteiger partial charge in [0.25, 0.3) is 0 Å². The molecular formula is C19H20O2. The lowest BCUT2D eigenvalue weighted by Gasteiger charge is -2.19. The maximum absolute atomic E-state index is 10.0. The summed E-state index contributed by atoms with van der Waals surface area (Å²) in [6, 6.07) is 18.1. The first kappa shape index (κ1) is 13.9. The molecule has 0 radical (unpaired) electrons. The minimum atomic E-state index is -0.324. The van der Waals surface area contributed by atoms with Gasteiger partial charge in [0.05, 0.1) is 6.10 Å². The van der Waals surface area contributed by atoms with E-state index in [1.54, 1.807) is 0 Å². The second-order valence-corrected chi connectivity index (χ2v) is 5.40. The van der Waals surface area contributed by atoms with Gasteiger partial charge in [-0.1, -0.05) is 48.5 Å². The van der Waals surface area contributed by atoms with Crippen LogP contribution in [0.4, 0.5) is 0 Å². The van der Waals surface area contributed by atoms with Gasteiger partial charge in [-0.25, -0.2) is 0 Å². The van der Waals surface area contributed by atoms with Crippen LogP contribution in [0.2, 0.25) is 0 Å². The van der Waals surface area contributed by atoms with E-state index >= 15 is 0 Å². The molecule has 3 rings (SSSR count). The van der Waals surface area contributed by atoms with E-state index in [1.807, 2.05) is 42.5 Å². The highest BCUT2D eigenvalue weighted by molar-refractivity contribution is 5.69. The van der Waals surface area contributed by atoms with Crippen molar-refractivity contribution in [3.63, 3.8) is 0 Å². The third-order valence-corrected chi connectivity index (χ3v) is 3.84. The molecule has 0 aliphatic heterocycles. The monoisotopic (exact) mass is 280 g/mol. The van der Waals surface area contributed by atoms with Crippen LogP contribution in [0.1, 0.15) is 30.4 Å². The minimum Gasteiger partial charge on any atom is -0.489 e. The highest BCUT2D eigenvalue weighted by Crippen LogP contribution is 2.28. The van der Waals surface area contributed by atoms with Crippen LogP contribution in [0.3, 0.4) is 0 Å². The molecule has 1 aliphatic rings. The molecule has 2 heteroatoms. The summed E-state index contributed by atoms with van der Waals surface area (Å²) in [4.78, 5) is 0. The lowest BCUT2D eigenvalue weighted by molar-refractivity contribution is 0.214. The number of rotatable bonds is 4. The van der Waals surface area contributed by atoms with Crippen molar-refractivity contribution >= 4 is 5.57 Å². The van der Waals surface area contributed by atoms with Gasteiger partial charge in [-0.3, -0.25) is 0 Å². The van der Waals surface area contributed by atoms with Crippen LogP contribution in [0.5, 0.6) is 5.75 Å². The summed E-state index contributed by atoms with van der Waals surface area (Å²) in [5.74, 6) is 0.855. The number of ether oxygens (including phenoxy) is 1. The summed E-state index contributed by atoms with van der Waals surface area (Å²) in [6.45, 7) is 0.575. The molecule has 0 heterocycles. The number of hydrogen-bond acceptors (Lipinski definition) is 2. The first-order valence-electron chi connectivity index (χ1n) is 7.48. The zero-order valence-electron chi connectivity index (χ0n) is 12.0. The summed E-state index contributed by atoms with van der Waals surface area (Å²) in [5.41, 5.74) is 3.30. The van der Waals surface area contributed by atoms with Crippen molar-refractivity contribution < 1.29 is 9.84 Å². The second-order valence-electron chi connectivity index (χ2n) is 5.40. The van der Waals surface area contributed by atoms with Crippen LogP contribution in [0.15, 0.2) is 60.7 Å². The Morgan fingerprint density at radius 2 is 1.76 bits per heavy atom. The largest absolute Gasteiger partial charge is 0.489 e. The second kappa shape index (κ2) is 6.59. The Bertz CT molecular complexity index is 599. The van der Waals surface area contributed by atoms with E-state index in [9.17, 15) is 5.11 Å². The number of benzene rings is 2. The molecular weight excluding hydrogens is 260 g/mol. The van der Waals surface area contributed by atoms with Gasteiger partial charge in [0.1, 0.15) is 12.4 Å². The molecule has 108 valence electrons. The summed E-state index contributed by atoms with van der Waals surface area (Å²) in [7, 11) is 0. The molecule has 0 amide bonds. The molecule has 0 bridgehead atoms. The van der Waals surface area contributed by atoms with Crippen LogP contribution in [-0.2, 0) is 6.61 Å². The molecule has 0 saturated carbocycles. The van der Waals surface area contributed by atoms with Gasteiger partial charge < -0.3 is 9.84 Å². The van der Waals surface area contributed by atoms with Gasteiger partial charge in [-0.15, -0.1) is 0 Å². The van der Waals surface area contributed by atoms with Crippen LogP contribution in [-0.4, -0.2) is 11.2 Å². The van der Waals surface area contributed by atoms with E-state index < -0.39 is 0 Å². The van der Waals surface area contributed by atoms with Crippen LogP contribution >= 0.6 is 0 Å². The SMILES string of the molecule is O[C@@H]1CCCC=C1c1ccc(OCc2ccccc2)cc1. The smallest absolute Gasteiger partial charge is 0.119 e. The molecule has 1 N–H and O–H groups in total. The molecule has 2 aromatic rings. The van der Waals surface area contributed by atoms with E-state index in [1.165, 1.54) is 0 Å². The number of aliphatic hydroxyl groups is 1. The molecule has 1 aliphatic carbocycles. The molecule has 0 saturated heterocycles. The van der Waals surface area contributed by atoms with E-state index in [0.29, 0.717) is 6.61 Å². The van der Waals surface area contributed by atoms with Gasteiger partial charge in [0, 0.05) is 0 Å². The fourth-order valence-corrected chi connectivity index (χ4v) is 2.66. The first-order chi connectivity index (χ1) is 10.3. The third-order valence-electron chi connectivity index (χ3n) is 3.84. The van der Waals surface area contributed by atoms with Crippen LogP contribution < -0.4 is 4.74 Å². The Morgan fingerprint density at radius 3 is 2.48 bits per heavy atom. The zero-order valence-corrected chi connectivity index (χ0v) is 12.0. The van der Waals surface area contributed by atoms with Gasteiger partial charge >= 0.3 is 0 Å². The Hall–Kier alpha value is -2.06. The molecule has 0 unspecified atom stereocenters. The first-order valence-corrected chi connectivity index (χ1v) is 7.48. The average molecular weight is 280 g/mol. The van der Waals surface area contributed by atoms with Gasteiger partial charge in [0.2, 0.25) is 0 Å². The highest BCUT2D eigenvalue weighted by Gasteiger charge is 2.16. The normalized spacial score (nSPS) is 18.1. The number of aliphatic hydroxyl groups excluding tert-OH is 1. The van der Waals surface area contributed by atoms with Crippen molar-refractivity contribution in [2.75, 3.05) is 0 Å². The van der Waals surface area contributed by atoms with Crippen molar-refractivity contribution in [2.24, 2.45) is 0 Å². The Labute approximate surface area is 125 Å². The Balaban J connectivity index is 1.65. The Morgan fingerprint density at radius 1 is 1.00 bits per heavy atom. The lowest BCUT2D eigenvalue weighted by Crippen LogP contribution is -2.12. The molecule has 0 fully saturated rings. The topological polar surface area (TPSA) is 29.5 Å². The molecule has 1 atom stereocenters. The maximum Gasteiger partial charge on any atom is 0.119 e. The van der Waals surface area contributed by atoms with Crippen LogP contribution in [0.25, 0.3) is 5.57 Å². The minimum absolute atomic E-state index is 0.324. The van der Waals surface area contributed by atoms with Gasteiger partial charge in [0.15, 0.2) is 0 Å². The highest BCUT2D eigenvalue weighted by atomic mass is 16.5. The molecule has 2 nitrogen and oxygen atoms in total. The number of hydrogen-bond donors (Lipinski definition) is 1. The average Bonchev–Trinajstić information content (AvgIpc) is 2.55. The fraction of sp³-hybridized carbons (Fsp3) is 0.263. The van der Waals surface area contributed by atoms with Crippen molar-refractivity contribution in [3.05, 3.63) is 71.8 Å². The number of allylic oxidation sites excluding steroid dienone is 1.